The number of ether oxygens (including phenoxy) is 1. The van der Waals surface area contributed by atoms with Crippen molar-refractivity contribution in [2.24, 2.45) is 0 Å². The maximum atomic E-state index is 11.9. The first-order valence-corrected chi connectivity index (χ1v) is 11.1. The minimum Gasteiger partial charge on any atom is -0.376 e. The molecule has 2 atom stereocenters. The lowest BCUT2D eigenvalue weighted by molar-refractivity contribution is 0.0851. The molecule has 0 saturated carbocycles. The van der Waals surface area contributed by atoms with Crippen LogP contribution in [0.1, 0.15) is 24.8 Å². The van der Waals surface area contributed by atoms with Gasteiger partial charge in [-0.25, -0.2) is 8.42 Å². The van der Waals surface area contributed by atoms with Crippen LogP contribution in [-0.2, 0) is 14.6 Å². The van der Waals surface area contributed by atoms with Gasteiger partial charge < -0.3 is 15.0 Å². The van der Waals surface area contributed by atoms with E-state index in [9.17, 15) is 8.42 Å². The molecule has 1 N–H and O–H groups in total. The molecule has 2 fully saturated rings. The maximum absolute atomic E-state index is 11.9. The quantitative estimate of drug-likeness (QED) is 0.781. The van der Waals surface area contributed by atoms with Crippen molar-refractivity contribution >= 4 is 44.5 Å². The van der Waals surface area contributed by atoms with Crippen LogP contribution in [0.2, 0.25) is 5.02 Å². The van der Waals surface area contributed by atoms with Gasteiger partial charge in [0.15, 0.2) is 14.9 Å². The van der Waals surface area contributed by atoms with Crippen molar-refractivity contribution in [2.75, 3.05) is 30.0 Å². The normalized spacial score (nSPS) is 25.0. The zero-order chi connectivity index (χ0) is 18.0. The van der Waals surface area contributed by atoms with Crippen molar-refractivity contribution in [1.29, 1.82) is 0 Å². The number of thiocarbonyl (C=S) groups is 1. The average molecular weight is 403 g/mol. The fourth-order valence-electron chi connectivity index (χ4n) is 3.36. The topological polar surface area (TPSA) is 58.6 Å². The molecule has 5 nitrogen and oxygen atoms in total. The highest BCUT2D eigenvalue weighted by Crippen LogP contribution is 2.26. The number of rotatable bonds is 4. The van der Waals surface area contributed by atoms with Crippen LogP contribution in [0.25, 0.3) is 0 Å². The van der Waals surface area contributed by atoms with E-state index in [1.807, 2.05) is 30.0 Å². The fraction of sp³-hybridized carbons (Fsp3) is 0.588. The Labute approximate surface area is 159 Å². The van der Waals surface area contributed by atoms with Gasteiger partial charge in [-0.2, -0.15) is 0 Å². The summed E-state index contributed by atoms with van der Waals surface area (Å²) in [6.45, 7) is 3.30. The molecule has 3 rings (SSSR count). The van der Waals surface area contributed by atoms with E-state index in [-0.39, 0.29) is 23.7 Å². The molecule has 2 heterocycles. The number of benzene rings is 1. The molecule has 1 aromatic carbocycles. The van der Waals surface area contributed by atoms with Gasteiger partial charge in [-0.1, -0.05) is 17.7 Å². The Bertz CT molecular complexity index is 748. The van der Waals surface area contributed by atoms with Gasteiger partial charge in [0.05, 0.1) is 17.6 Å². The van der Waals surface area contributed by atoms with Gasteiger partial charge in [0, 0.05) is 29.9 Å². The summed E-state index contributed by atoms with van der Waals surface area (Å²) in [5, 5.41) is 4.45. The zero-order valence-corrected chi connectivity index (χ0v) is 16.6. The number of hydrogen-bond donors (Lipinski definition) is 1. The van der Waals surface area contributed by atoms with Crippen molar-refractivity contribution < 1.29 is 13.2 Å². The van der Waals surface area contributed by atoms with Crippen molar-refractivity contribution in [3.8, 4) is 0 Å². The molecular formula is C17H23ClN2O3S2. The van der Waals surface area contributed by atoms with Gasteiger partial charge >= 0.3 is 0 Å². The average Bonchev–Trinajstić information content (AvgIpc) is 3.18. The number of hydrogen-bond acceptors (Lipinski definition) is 4. The van der Waals surface area contributed by atoms with Crippen LogP contribution in [0.15, 0.2) is 18.2 Å². The maximum Gasteiger partial charge on any atom is 0.173 e. The highest BCUT2D eigenvalue weighted by molar-refractivity contribution is 7.91. The molecule has 0 aromatic heterocycles. The minimum absolute atomic E-state index is 0.100. The lowest BCUT2D eigenvalue weighted by Crippen LogP contribution is -2.47. The standard InChI is InChI=1S/C17H23ClN2O3S2/c1-12-15(18)5-2-6-16(12)19-17(24)20(10-14-4-3-8-23-14)13-7-9-25(21,22)11-13/h2,5-6,13-14H,3-4,7-11H2,1H3,(H,19,24)/t13-,14+/m1/s1. The summed E-state index contributed by atoms with van der Waals surface area (Å²) in [6.07, 6.45) is 2.72. The van der Waals surface area contributed by atoms with E-state index in [4.69, 9.17) is 28.6 Å². The number of sulfone groups is 1. The van der Waals surface area contributed by atoms with E-state index in [2.05, 4.69) is 5.32 Å². The summed E-state index contributed by atoms with van der Waals surface area (Å²) >= 11 is 11.8. The summed E-state index contributed by atoms with van der Waals surface area (Å²) in [6, 6.07) is 5.51. The minimum atomic E-state index is -2.99. The van der Waals surface area contributed by atoms with Crippen molar-refractivity contribution in [3.63, 3.8) is 0 Å². The largest absolute Gasteiger partial charge is 0.376 e. The lowest BCUT2D eigenvalue weighted by atomic mass is 10.1. The molecular weight excluding hydrogens is 380 g/mol. The van der Waals surface area contributed by atoms with Gasteiger partial charge in [-0.15, -0.1) is 0 Å². The summed E-state index contributed by atoms with van der Waals surface area (Å²) in [7, 11) is -2.99. The number of halogens is 1. The Morgan fingerprint density at radius 3 is 2.88 bits per heavy atom. The SMILES string of the molecule is Cc1c(Cl)cccc1NC(=S)N(C[C@@H]1CCCO1)[C@@H]1CCS(=O)(=O)C1. The molecule has 138 valence electrons. The molecule has 2 aliphatic heterocycles. The van der Waals surface area contributed by atoms with Gasteiger partial charge in [0.25, 0.3) is 0 Å². The number of nitrogens with zero attached hydrogens (tertiary/aromatic N) is 1. The van der Waals surface area contributed by atoms with E-state index < -0.39 is 9.84 Å². The second-order valence-corrected chi connectivity index (χ2v) is 9.71. The molecule has 2 aliphatic rings. The highest BCUT2D eigenvalue weighted by Gasteiger charge is 2.35. The Morgan fingerprint density at radius 1 is 1.44 bits per heavy atom. The van der Waals surface area contributed by atoms with Crippen LogP contribution in [0, 0.1) is 6.92 Å². The van der Waals surface area contributed by atoms with Gasteiger partial charge in [-0.3, -0.25) is 0 Å². The molecule has 0 amide bonds. The van der Waals surface area contributed by atoms with Crippen molar-refractivity contribution in [2.45, 2.75) is 38.3 Å². The van der Waals surface area contributed by atoms with Crippen molar-refractivity contribution in [1.82, 2.24) is 4.90 Å². The van der Waals surface area contributed by atoms with Gasteiger partial charge in [-0.05, 0) is 56.1 Å². The van der Waals surface area contributed by atoms with E-state index in [1.54, 1.807) is 0 Å². The first-order valence-electron chi connectivity index (χ1n) is 8.50. The number of nitrogens with one attached hydrogen (secondary N) is 1. The summed E-state index contributed by atoms with van der Waals surface area (Å²) in [5.74, 6) is 0.370. The Balaban J connectivity index is 1.77. The lowest BCUT2D eigenvalue weighted by Gasteiger charge is -2.33. The monoisotopic (exact) mass is 402 g/mol. The van der Waals surface area contributed by atoms with Crippen LogP contribution in [-0.4, -0.2) is 55.2 Å². The van der Waals surface area contributed by atoms with E-state index in [0.29, 0.717) is 23.1 Å². The van der Waals surface area contributed by atoms with Crippen LogP contribution >= 0.6 is 23.8 Å². The van der Waals surface area contributed by atoms with Crippen LogP contribution in [0.4, 0.5) is 5.69 Å². The third kappa shape index (κ3) is 4.64. The second kappa shape index (κ2) is 7.78. The Kier molecular flexibility index (Phi) is 5.88. The predicted octanol–water partition coefficient (Wildman–Crippen LogP) is 3.01. The zero-order valence-electron chi connectivity index (χ0n) is 14.2. The van der Waals surface area contributed by atoms with E-state index in [1.165, 1.54) is 0 Å². The summed E-state index contributed by atoms with van der Waals surface area (Å²) < 4.78 is 29.6. The number of anilines is 1. The Hall–Kier alpha value is -0.890. The van der Waals surface area contributed by atoms with Crippen molar-refractivity contribution in [3.05, 3.63) is 28.8 Å². The molecule has 0 aliphatic carbocycles. The predicted molar refractivity (Wildman–Crippen MR) is 105 cm³/mol. The first-order chi connectivity index (χ1) is 11.9. The van der Waals surface area contributed by atoms with Crippen LogP contribution < -0.4 is 5.32 Å². The van der Waals surface area contributed by atoms with E-state index >= 15 is 0 Å². The van der Waals surface area contributed by atoms with E-state index in [0.717, 1.165) is 30.7 Å². The molecule has 0 radical (unpaired) electrons. The molecule has 0 spiro atoms. The smallest absolute Gasteiger partial charge is 0.173 e. The molecule has 1 aromatic rings. The fourth-order valence-corrected chi connectivity index (χ4v) is 5.60. The second-order valence-electron chi connectivity index (χ2n) is 6.69. The van der Waals surface area contributed by atoms with Gasteiger partial charge in [0.1, 0.15) is 0 Å². The summed E-state index contributed by atoms with van der Waals surface area (Å²) in [5.41, 5.74) is 1.76. The molecule has 0 unspecified atom stereocenters. The molecule has 0 bridgehead atoms. The third-order valence-corrected chi connectivity index (χ3v) is 7.34. The molecule has 8 heteroatoms. The van der Waals surface area contributed by atoms with Crippen LogP contribution in [0.5, 0.6) is 0 Å². The van der Waals surface area contributed by atoms with Gasteiger partial charge in [0.2, 0.25) is 0 Å². The molecule has 25 heavy (non-hydrogen) atoms. The highest BCUT2D eigenvalue weighted by atomic mass is 35.5. The summed E-state index contributed by atoms with van der Waals surface area (Å²) in [4.78, 5) is 2.00. The Morgan fingerprint density at radius 2 is 2.24 bits per heavy atom. The third-order valence-electron chi connectivity index (χ3n) is 4.84. The first kappa shape index (κ1) is 18.9. The van der Waals surface area contributed by atoms with Crippen LogP contribution in [0.3, 0.4) is 0 Å². The molecule has 2 saturated heterocycles.